The SMILES string of the molecule is C1=Cc2nc1cc1ccc([n-]1)c(-c1ccccc1)c1nc(c(-c3ccccc3)c3ccc([n-]3)c2-c2ccccc2)C=C1.[Pd+2]. The molecule has 8 rings (SSSR count). The number of hydrogen-bond acceptors (Lipinski definition) is 2. The Balaban J connectivity index is 0.00000300. The first kappa shape index (κ1) is 26.8. The summed E-state index contributed by atoms with van der Waals surface area (Å²) >= 11 is 0. The molecule has 2 aliphatic heterocycles. The van der Waals surface area contributed by atoms with Crippen molar-refractivity contribution in [2.24, 2.45) is 0 Å². The van der Waals surface area contributed by atoms with Crippen LogP contribution in [0.5, 0.6) is 0 Å². The van der Waals surface area contributed by atoms with Crippen molar-refractivity contribution in [3.05, 3.63) is 144 Å². The Morgan fingerprint density at radius 1 is 0.395 bits per heavy atom. The van der Waals surface area contributed by atoms with Crippen molar-refractivity contribution in [1.29, 1.82) is 0 Å². The van der Waals surface area contributed by atoms with Crippen LogP contribution in [0.4, 0.5) is 0 Å². The van der Waals surface area contributed by atoms with Gasteiger partial charge in [0.2, 0.25) is 0 Å². The molecule has 4 nitrogen and oxygen atoms in total. The number of benzene rings is 3. The average Bonchev–Trinajstić information content (AvgIpc) is 3.86. The number of rotatable bonds is 3. The van der Waals surface area contributed by atoms with Crippen LogP contribution in [0.25, 0.3) is 79.8 Å². The van der Waals surface area contributed by atoms with Gasteiger partial charge in [0.1, 0.15) is 0 Å². The molecule has 0 fully saturated rings. The normalized spacial score (nSPS) is 11.8. The van der Waals surface area contributed by atoms with Gasteiger partial charge in [0, 0.05) is 0 Å². The zero-order chi connectivity index (χ0) is 27.9. The van der Waals surface area contributed by atoms with Crippen LogP contribution in [0.1, 0.15) is 22.8 Å². The van der Waals surface area contributed by atoms with Crippen LogP contribution in [0.2, 0.25) is 0 Å². The summed E-state index contributed by atoms with van der Waals surface area (Å²) in [5.74, 6) is 0. The van der Waals surface area contributed by atoms with Crippen molar-refractivity contribution < 1.29 is 20.4 Å². The zero-order valence-corrected chi connectivity index (χ0v) is 24.5. The first-order valence-electron chi connectivity index (χ1n) is 14.0. The van der Waals surface area contributed by atoms with E-state index in [9.17, 15) is 0 Å². The van der Waals surface area contributed by atoms with E-state index in [1.54, 1.807) is 0 Å². The van der Waals surface area contributed by atoms with Crippen molar-refractivity contribution in [2.75, 3.05) is 0 Å². The Morgan fingerprint density at radius 3 is 1.33 bits per heavy atom. The monoisotopic (exact) mass is 642 g/mol. The molecule has 0 spiro atoms. The summed E-state index contributed by atoms with van der Waals surface area (Å²) in [6.45, 7) is 0. The Bertz CT molecular complexity index is 2140. The predicted octanol–water partition coefficient (Wildman–Crippen LogP) is 8.91. The molecule has 0 aliphatic carbocycles. The topological polar surface area (TPSA) is 54.0 Å². The second kappa shape index (κ2) is 11.3. The molecule has 0 amide bonds. The molecule has 3 aromatic carbocycles. The molecule has 5 heteroatoms. The molecule has 206 valence electrons. The van der Waals surface area contributed by atoms with Gasteiger partial charge in [0.25, 0.3) is 0 Å². The largest absolute Gasteiger partial charge is 2.00 e. The van der Waals surface area contributed by atoms with Gasteiger partial charge in [0.15, 0.2) is 0 Å². The Labute approximate surface area is 263 Å². The summed E-state index contributed by atoms with van der Waals surface area (Å²) in [6, 6.07) is 41.4. The molecule has 0 atom stereocenters. The van der Waals surface area contributed by atoms with Gasteiger partial charge in [-0.25, -0.2) is 9.97 Å². The van der Waals surface area contributed by atoms with Gasteiger partial charge < -0.3 is 9.97 Å². The molecular formula is C38H24N4Pd. The Hall–Kier alpha value is -5.08. The van der Waals surface area contributed by atoms with Gasteiger partial charge in [-0.15, -0.1) is 22.1 Å². The molecule has 0 radical (unpaired) electrons. The van der Waals surface area contributed by atoms with Crippen LogP contribution < -0.4 is 9.97 Å². The van der Waals surface area contributed by atoms with Crippen LogP contribution in [0.15, 0.2) is 121 Å². The standard InChI is InChI=1S/C38H24N4.Pd/c1-4-10-25(11-5-1)36-30-18-16-28(39-30)24-29-17-19-31(40-29)37(26-12-6-2-7-13-26)33-21-23-35(42-33)38(27-14-8-3-9-15-27)34-22-20-32(36)41-34;/h1-24H;/q-2;+2. The maximum absolute atomic E-state index is 5.23. The third kappa shape index (κ3) is 5.00. The number of nitrogens with zero attached hydrogens (tertiary/aromatic N) is 4. The van der Waals surface area contributed by atoms with Crippen LogP contribution in [-0.4, -0.2) is 9.97 Å². The summed E-state index contributed by atoms with van der Waals surface area (Å²) in [4.78, 5) is 20.5. The third-order valence-corrected chi connectivity index (χ3v) is 7.62. The molecule has 8 bridgehead atoms. The molecule has 0 N–H and O–H groups in total. The molecule has 2 aliphatic rings. The number of hydrogen-bond donors (Lipinski definition) is 0. The first-order chi connectivity index (χ1) is 20.8. The molecule has 0 saturated carbocycles. The second-order valence-corrected chi connectivity index (χ2v) is 10.3. The second-order valence-electron chi connectivity index (χ2n) is 10.3. The fourth-order valence-electron chi connectivity index (χ4n) is 5.72. The van der Waals surface area contributed by atoms with E-state index < -0.39 is 0 Å². The maximum Gasteiger partial charge on any atom is 2.00 e. The Morgan fingerprint density at radius 2 is 0.814 bits per heavy atom. The fourth-order valence-corrected chi connectivity index (χ4v) is 5.72. The van der Waals surface area contributed by atoms with E-state index in [1.807, 2.05) is 60.7 Å². The fraction of sp³-hybridized carbons (Fsp3) is 0. The first-order valence-corrected chi connectivity index (χ1v) is 14.0. The Kier molecular flexibility index (Phi) is 7.04. The van der Waals surface area contributed by atoms with E-state index >= 15 is 0 Å². The van der Waals surface area contributed by atoms with Gasteiger partial charge in [-0.2, -0.15) is 0 Å². The average molecular weight is 643 g/mol. The van der Waals surface area contributed by atoms with Gasteiger partial charge in [-0.3, -0.25) is 0 Å². The minimum atomic E-state index is 0. The third-order valence-electron chi connectivity index (χ3n) is 7.62. The molecule has 0 unspecified atom stereocenters. The van der Waals surface area contributed by atoms with Gasteiger partial charge >= 0.3 is 20.4 Å². The summed E-state index contributed by atoms with van der Waals surface area (Å²) in [7, 11) is 0. The van der Waals surface area contributed by atoms with Crippen molar-refractivity contribution in [3.63, 3.8) is 0 Å². The van der Waals surface area contributed by atoms with E-state index in [0.29, 0.717) is 0 Å². The van der Waals surface area contributed by atoms with Crippen LogP contribution in [-0.2, 0) is 20.4 Å². The number of aromatic nitrogens is 4. The minimum absolute atomic E-state index is 0. The van der Waals surface area contributed by atoms with E-state index in [0.717, 1.165) is 78.2 Å². The van der Waals surface area contributed by atoms with Crippen molar-refractivity contribution in [3.8, 4) is 33.4 Å². The molecular weight excluding hydrogens is 619 g/mol. The van der Waals surface area contributed by atoms with Crippen LogP contribution in [0, 0.1) is 0 Å². The summed E-state index contributed by atoms with van der Waals surface area (Å²) in [5.41, 5.74) is 13.1. The zero-order valence-electron chi connectivity index (χ0n) is 23.0. The molecule has 6 aromatic rings. The summed E-state index contributed by atoms with van der Waals surface area (Å²) < 4.78 is 0. The molecule has 43 heavy (non-hydrogen) atoms. The minimum Gasteiger partial charge on any atom is -0.657 e. The van der Waals surface area contributed by atoms with E-state index in [-0.39, 0.29) is 20.4 Å². The number of fused-ring (bicyclic) bond motifs is 8. The van der Waals surface area contributed by atoms with E-state index in [2.05, 4.69) is 85.0 Å². The maximum atomic E-state index is 5.23. The molecule has 3 aromatic heterocycles. The molecule has 5 heterocycles. The van der Waals surface area contributed by atoms with Gasteiger partial charge in [-0.05, 0) is 57.7 Å². The summed E-state index contributed by atoms with van der Waals surface area (Å²) in [5, 5.41) is 0. The smallest absolute Gasteiger partial charge is 0.657 e. The van der Waals surface area contributed by atoms with Crippen molar-refractivity contribution in [2.45, 2.75) is 0 Å². The molecule has 0 saturated heterocycles. The van der Waals surface area contributed by atoms with Crippen molar-refractivity contribution in [1.82, 2.24) is 19.9 Å². The van der Waals surface area contributed by atoms with Crippen LogP contribution >= 0.6 is 0 Å². The van der Waals surface area contributed by atoms with Gasteiger partial charge in [-0.1, -0.05) is 121 Å². The summed E-state index contributed by atoms with van der Waals surface area (Å²) in [6.07, 6.45) is 8.29. The van der Waals surface area contributed by atoms with Crippen molar-refractivity contribution >= 4 is 46.4 Å². The van der Waals surface area contributed by atoms with E-state index in [4.69, 9.17) is 19.9 Å². The predicted molar refractivity (Wildman–Crippen MR) is 173 cm³/mol. The quantitative estimate of drug-likeness (QED) is 0.181. The van der Waals surface area contributed by atoms with Crippen LogP contribution in [0.3, 0.4) is 0 Å². The van der Waals surface area contributed by atoms with Gasteiger partial charge in [0.05, 0.1) is 22.8 Å². The van der Waals surface area contributed by atoms with E-state index in [1.165, 1.54) is 0 Å².